The van der Waals surface area contributed by atoms with Gasteiger partial charge >= 0.3 is 0 Å². The second kappa shape index (κ2) is 6.18. The second-order valence-electron chi connectivity index (χ2n) is 6.27. The average Bonchev–Trinajstić information content (AvgIpc) is 2.51. The monoisotopic (exact) mass is 369 g/mol. The van der Waals surface area contributed by atoms with E-state index in [0.717, 1.165) is 47.5 Å². The van der Waals surface area contributed by atoms with Crippen LogP contribution in [0.15, 0.2) is 36.4 Å². The molecule has 0 radical (unpaired) electrons. The molecule has 0 atom stereocenters. The highest BCUT2D eigenvalue weighted by Gasteiger charge is 2.44. The molecule has 5 heteroatoms. The van der Waals surface area contributed by atoms with Gasteiger partial charge in [0.1, 0.15) is 11.5 Å². The highest BCUT2D eigenvalue weighted by atomic mass is 35.5. The van der Waals surface area contributed by atoms with Gasteiger partial charge in [-0.05, 0) is 69.4 Å². The molecule has 0 unspecified atom stereocenters. The summed E-state index contributed by atoms with van der Waals surface area (Å²) in [6.07, 6.45) is 2.10. The zero-order valence-electron chi connectivity index (χ0n) is 12.8. The first-order valence-corrected chi connectivity index (χ1v) is 8.30. The van der Waals surface area contributed by atoms with Crippen LogP contribution in [0.25, 0.3) is 0 Å². The molecular formula is C18H18Cl3NO. The van der Waals surface area contributed by atoms with E-state index in [4.69, 9.17) is 27.9 Å². The second-order valence-corrected chi connectivity index (χ2v) is 7.14. The third-order valence-electron chi connectivity index (χ3n) is 4.97. The highest BCUT2D eigenvalue weighted by Crippen LogP contribution is 2.53. The summed E-state index contributed by atoms with van der Waals surface area (Å²) < 4.78 is 6.11. The Morgan fingerprint density at radius 2 is 1.39 bits per heavy atom. The van der Waals surface area contributed by atoms with Gasteiger partial charge in [-0.15, -0.1) is 12.4 Å². The van der Waals surface area contributed by atoms with Gasteiger partial charge in [0.2, 0.25) is 0 Å². The molecule has 2 aromatic rings. The predicted octanol–water partition coefficient (Wildman–Crippen LogP) is 5.53. The maximum atomic E-state index is 6.27. The van der Waals surface area contributed by atoms with E-state index in [1.165, 1.54) is 11.1 Å². The molecule has 1 spiro atoms. The van der Waals surface area contributed by atoms with E-state index in [9.17, 15) is 0 Å². The number of piperidine rings is 1. The maximum absolute atomic E-state index is 6.27. The van der Waals surface area contributed by atoms with Crippen molar-refractivity contribution in [2.75, 3.05) is 20.1 Å². The average molecular weight is 371 g/mol. The Morgan fingerprint density at radius 1 is 0.913 bits per heavy atom. The van der Waals surface area contributed by atoms with Crippen LogP contribution >= 0.6 is 35.6 Å². The van der Waals surface area contributed by atoms with E-state index >= 15 is 0 Å². The Hall–Kier alpha value is -0.930. The number of halogens is 3. The van der Waals surface area contributed by atoms with E-state index in [0.29, 0.717) is 0 Å². The van der Waals surface area contributed by atoms with Crippen molar-refractivity contribution < 1.29 is 4.74 Å². The van der Waals surface area contributed by atoms with Crippen LogP contribution in [-0.4, -0.2) is 25.0 Å². The van der Waals surface area contributed by atoms with Gasteiger partial charge in [-0.1, -0.05) is 23.2 Å². The van der Waals surface area contributed by atoms with Gasteiger partial charge in [0, 0.05) is 26.6 Å². The minimum atomic E-state index is -0.0504. The molecule has 2 aromatic carbocycles. The highest BCUT2D eigenvalue weighted by molar-refractivity contribution is 6.31. The number of nitrogens with zero attached hydrogens (tertiary/aromatic N) is 1. The van der Waals surface area contributed by atoms with Crippen molar-refractivity contribution in [3.8, 4) is 11.5 Å². The van der Waals surface area contributed by atoms with E-state index in [2.05, 4.69) is 24.1 Å². The van der Waals surface area contributed by atoms with Crippen LogP contribution in [0.2, 0.25) is 10.0 Å². The zero-order chi connectivity index (χ0) is 15.3. The molecule has 2 nitrogen and oxygen atoms in total. The van der Waals surface area contributed by atoms with Crippen LogP contribution in [0.5, 0.6) is 11.5 Å². The van der Waals surface area contributed by atoms with Crippen LogP contribution in [-0.2, 0) is 5.41 Å². The van der Waals surface area contributed by atoms with Crippen molar-refractivity contribution in [2.24, 2.45) is 0 Å². The first kappa shape index (κ1) is 16.9. The quantitative estimate of drug-likeness (QED) is 0.604. The van der Waals surface area contributed by atoms with Crippen molar-refractivity contribution in [2.45, 2.75) is 18.3 Å². The number of benzene rings is 2. The Bertz CT molecular complexity index is 686. The molecule has 122 valence electrons. The standard InChI is InChI=1S/C18H17Cl2NO.ClH/c1-21-8-6-18(7-9-21)14-10-12(19)2-4-16(14)22-17-5-3-13(20)11-15(17)18;/h2-5,10-11H,6-9H2,1H3;1H. The Balaban J connectivity index is 0.00000156. The van der Waals surface area contributed by atoms with Gasteiger partial charge in [0.05, 0.1) is 0 Å². The predicted molar refractivity (Wildman–Crippen MR) is 97.7 cm³/mol. The van der Waals surface area contributed by atoms with Gasteiger partial charge < -0.3 is 9.64 Å². The fourth-order valence-electron chi connectivity index (χ4n) is 3.73. The number of likely N-dealkylation sites (tertiary alicyclic amines) is 1. The summed E-state index contributed by atoms with van der Waals surface area (Å²) >= 11 is 12.5. The molecule has 4 rings (SSSR count). The van der Waals surface area contributed by atoms with Gasteiger partial charge in [-0.25, -0.2) is 0 Å². The number of rotatable bonds is 0. The first-order chi connectivity index (χ1) is 10.6. The van der Waals surface area contributed by atoms with Crippen molar-refractivity contribution in [3.63, 3.8) is 0 Å². The molecule has 0 saturated carbocycles. The largest absolute Gasteiger partial charge is 0.457 e. The summed E-state index contributed by atoms with van der Waals surface area (Å²) in [5.41, 5.74) is 2.34. The van der Waals surface area contributed by atoms with Gasteiger partial charge in [0.15, 0.2) is 0 Å². The lowest BCUT2D eigenvalue weighted by atomic mass is 9.66. The number of hydrogen-bond acceptors (Lipinski definition) is 2. The third-order valence-corrected chi connectivity index (χ3v) is 5.45. The normalized spacial score (nSPS) is 18.6. The summed E-state index contributed by atoms with van der Waals surface area (Å²) in [6.45, 7) is 2.11. The molecule has 0 amide bonds. The topological polar surface area (TPSA) is 12.5 Å². The summed E-state index contributed by atoms with van der Waals surface area (Å²) in [4.78, 5) is 2.37. The van der Waals surface area contributed by atoms with Crippen LogP contribution < -0.4 is 4.74 Å². The fourth-order valence-corrected chi connectivity index (χ4v) is 4.08. The smallest absolute Gasteiger partial charge is 0.131 e. The van der Waals surface area contributed by atoms with Gasteiger partial charge in [-0.3, -0.25) is 0 Å². The van der Waals surface area contributed by atoms with Crippen molar-refractivity contribution in [1.29, 1.82) is 0 Å². The SMILES string of the molecule is CN1CCC2(CC1)c1cc(Cl)ccc1Oc1ccc(Cl)cc12.Cl. The molecule has 0 N–H and O–H groups in total. The minimum absolute atomic E-state index is 0. The van der Waals surface area contributed by atoms with Gasteiger partial charge in [0.25, 0.3) is 0 Å². The number of hydrogen-bond donors (Lipinski definition) is 0. The number of fused-ring (bicyclic) bond motifs is 4. The summed E-state index contributed by atoms with van der Waals surface area (Å²) in [7, 11) is 2.17. The van der Waals surface area contributed by atoms with E-state index < -0.39 is 0 Å². The van der Waals surface area contributed by atoms with Crippen LogP contribution in [0.3, 0.4) is 0 Å². The molecule has 2 aliphatic heterocycles. The molecule has 23 heavy (non-hydrogen) atoms. The third kappa shape index (κ3) is 2.72. The van der Waals surface area contributed by atoms with Crippen molar-refractivity contribution in [1.82, 2.24) is 4.90 Å². The van der Waals surface area contributed by atoms with Crippen LogP contribution in [0, 0.1) is 0 Å². The van der Waals surface area contributed by atoms with E-state index in [-0.39, 0.29) is 17.8 Å². The molecule has 2 aliphatic rings. The maximum Gasteiger partial charge on any atom is 0.131 e. The molecule has 0 bridgehead atoms. The van der Waals surface area contributed by atoms with E-state index in [1.807, 2.05) is 24.3 Å². The van der Waals surface area contributed by atoms with Gasteiger partial charge in [-0.2, -0.15) is 0 Å². The van der Waals surface area contributed by atoms with Crippen molar-refractivity contribution >= 4 is 35.6 Å². The Labute approximate surface area is 152 Å². The minimum Gasteiger partial charge on any atom is -0.457 e. The van der Waals surface area contributed by atoms with E-state index in [1.54, 1.807) is 0 Å². The summed E-state index contributed by atoms with van der Waals surface area (Å²) in [5.74, 6) is 1.84. The lowest BCUT2D eigenvalue weighted by Gasteiger charge is -2.45. The van der Waals surface area contributed by atoms with Crippen LogP contribution in [0.1, 0.15) is 24.0 Å². The van der Waals surface area contributed by atoms with Crippen molar-refractivity contribution in [3.05, 3.63) is 57.6 Å². The Morgan fingerprint density at radius 3 is 1.87 bits per heavy atom. The first-order valence-electron chi connectivity index (χ1n) is 7.55. The summed E-state index contributed by atoms with van der Waals surface area (Å²) in [6, 6.07) is 11.9. The molecule has 2 heterocycles. The lowest BCUT2D eigenvalue weighted by Crippen LogP contribution is -2.43. The summed E-state index contributed by atoms with van der Waals surface area (Å²) in [5, 5.41) is 1.51. The molecule has 0 aromatic heterocycles. The molecule has 1 saturated heterocycles. The molecular weight excluding hydrogens is 353 g/mol. The Kier molecular flexibility index (Phi) is 4.54. The number of ether oxygens (including phenoxy) is 1. The van der Waals surface area contributed by atoms with Crippen LogP contribution in [0.4, 0.5) is 0 Å². The lowest BCUT2D eigenvalue weighted by molar-refractivity contribution is 0.202. The zero-order valence-corrected chi connectivity index (χ0v) is 15.1. The molecule has 0 aliphatic carbocycles. The molecule has 1 fully saturated rings. The fraction of sp³-hybridized carbons (Fsp3) is 0.333.